The highest BCUT2D eigenvalue weighted by Crippen LogP contribution is 2.19. The Hall–Kier alpha value is -3.68. The summed E-state index contributed by atoms with van der Waals surface area (Å²) in [4.78, 5) is 42.8. The molecule has 2 N–H and O–H groups in total. The van der Waals surface area contributed by atoms with Gasteiger partial charge in [0.2, 0.25) is 0 Å². The third kappa shape index (κ3) is 8.30. The first-order valence-electron chi connectivity index (χ1n) is 9.78. The second-order valence-electron chi connectivity index (χ2n) is 6.40. The molecule has 166 valence electrons. The van der Waals surface area contributed by atoms with Crippen molar-refractivity contribution in [3.63, 3.8) is 0 Å². The van der Waals surface area contributed by atoms with Crippen molar-refractivity contribution in [3.8, 4) is 11.5 Å². The molecule has 0 amide bonds. The number of unbranched alkanes of at least 4 members (excludes halogenated alkanes) is 1. The highest BCUT2D eigenvalue weighted by atomic mass is 16.5. The lowest BCUT2D eigenvalue weighted by molar-refractivity contribution is 0.0686. The highest BCUT2D eigenvalue weighted by molar-refractivity contribution is 5.92. The molecule has 2 aromatic carbocycles. The zero-order valence-corrected chi connectivity index (χ0v) is 17.5. The van der Waals surface area contributed by atoms with Gasteiger partial charge in [-0.1, -0.05) is 20.3 Å². The molecule has 0 aliphatic rings. The van der Waals surface area contributed by atoms with Crippen LogP contribution in [0.4, 0.5) is 0 Å². The molecule has 0 heterocycles. The van der Waals surface area contributed by atoms with Gasteiger partial charge in [0.15, 0.2) is 12.6 Å². The third-order valence-corrected chi connectivity index (χ3v) is 3.98. The maximum atomic E-state index is 10.8. The summed E-state index contributed by atoms with van der Waals surface area (Å²) in [5.74, 6) is -1.24. The van der Waals surface area contributed by atoms with Crippen molar-refractivity contribution >= 4 is 24.5 Å². The second-order valence-corrected chi connectivity index (χ2v) is 6.40. The fraction of sp³-hybridized carbons (Fsp3) is 0.304. The Balaban J connectivity index is 0.000000311. The molecular formula is C23H26O8. The number of hydrogen-bond donors (Lipinski definition) is 2. The van der Waals surface area contributed by atoms with Crippen LogP contribution in [0, 0.1) is 0 Å². The molecule has 0 aliphatic heterocycles. The Morgan fingerprint density at radius 1 is 0.774 bits per heavy atom. The van der Waals surface area contributed by atoms with Gasteiger partial charge in [0, 0.05) is 0 Å². The largest absolute Gasteiger partial charge is 0.493 e. The first-order chi connectivity index (χ1) is 14.9. The van der Waals surface area contributed by atoms with Crippen molar-refractivity contribution in [1.82, 2.24) is 0 Å². The van der Waals surface area contributed by atoms with Crippen LogP contribution in [0.25, 0.3) is 0 Å². The van der Waals surface area contributed by atoms with Gasteiger partial charge in [-0.05, 0) is 49.2 Å². The fourth-order valence-corrected chi connectivity index (χ4v) is 2.35. The van der Waals surface area contributed by atoms with E-state index in [0.717, 1.165) is 19.3 Å². The van der Waals surface area contributed by atoms with E-state index in [0.29, 0.717) is 37.3 Å². The summed E-state index contributed by atoms with van der Waals surface area (Å²) < 4.78 is 10.7. The van der Waals surface area contributed by atoms with E-state index in [2.05, 4.69) is 0 Å². The smallest absolute Gasteiger partial charge is 0.335 e. The minimum atomic E-state index is -1.06. The predicted molar refractivity (Wildman–Crippen MR) is 114 cm³/mol. The molecule has 0 spiro atoms. The van der Waals surface area contributed by atoms with E-state index in [1.54, 1.807) is 0 Å². The van der Waals surface area contributed by atoms with Crippen molar-refractivity contribution in [2.45, 2.75) is 33.1 Å². The molecule has 0 bridgehead atoms. The van der Waals surface area contributed by atoms with Crippen molar-refractivity contribution in [1.29, 1.82) is 0 Å². The van der Waals surface area contributed by atoms with E-state index >= 15 is 0 Å². The zero-order valence-electron chi connectivity index (χ0n) is 17.5. The number of aldehydes is 2. The van der Waals surface area contributed by atoms with Crippen LogP contribution in [-0.4, -0.2) is 47.9 Å². The van der Waals surface area contributed by atoms with Gasteiger partial charge in [0.05, 0.1) is 35.5 Å². The van der Waals surface area contributed by atoms with Crippen molar-refractivity contribution in [2.24, 2.45) is 0 Å². The number of aromatic carboxylic acids is 2. The maximum Gasteiger partial charge on any atom is 0.335 e. The quantitative estimate of drug-likeness (QED) is 0.398. The Labute approximate surface area is 180 Å². The fourth-order valence-electron chi connectivity index (χ4n) is 2.35. The van der Waals surface area contributed by atoms with E-state index in [4.69, 9.17) is 19.7 Å². The van der Waals surface area contributed by atoms with Gasteiger partial charge in [-0.2, -0.15) is 0 Å². The lowest BCUT2D eigenvalue weighted by atomic mass is 10.1. The lowest BCUT2D eigenvalue weighted by Gasteiger charge is -2.08. The SMILES string of the molecule is CCCCOc1ccc(C(=O)O)cc1C=O.CCCOc1ccc(C(=O)O)cc1C=O. The summed E-state index contributed by atoms with van der Waals surface area (Å²) in [6.07, 6.45) is 3.94. The standard InChI is InChI=1S/C12H14O4.C11H12O4/c1-2-3-6-16-11-5-4-9(12(14)15)7-10(11)8-13;1-2-5-15-10-4-3-8(11(13)14)6-9(10)7-12/h4-5,7-8H,2-3,6H2,1H3,(H,14,15);3-4,6-7H,2,5H2,1H3,(H,13,14). The molecule has 0 aliphatic carbocycles. The molecule has 8 heteroatoms. The summed E-state index contributed by atoms with van der Waals surface area (Å²) in [6.45, 7) is 5.03. The summed E-state index contributed by atoms with van der Waals surface area (Å²) >= 11 is 0. The van der Waals surface area contributed by atoms with Crippen LogP contribution in [0.2, 0.25) is 0 Å². The van der Waals surface area contributed by atoms with Gasteiger partial charge in [-0.25, -0.2) is 9.59 Å². The molecule has 0 aromatic heterocycles. The molecule has 0 radical (unpaired) electrons. The first kappa shape index (κ1) is 25.4. The summed E-state index contributed by atoms with van der Waals surface area (Å²) in [5, 5.41) is 17.5. The Kier molecular flexibility index (Phi) is 11.1. The number of hydrogen-bond acceptors (Lipinski definition) is 6. The number of ether oxygens (including phenoxy) is 2. The molecule has 0 atom stereocenters. The Morgan fingerprint density at radius 3 is 1.58 bits per heavy atom. The van der Waals surface area contributed by atoms with Crippen molar-refractivity contribution in [2.75, 3.05) is 13.2 Å². The molecule has 2 aromatic rings. The van der Waals surface area contributed by atoms with E-state index < -0.39 is 11.9 Å². The molecule has 8 nitrogen and oxygen atoms in total. The van der Waals surface area contributed by atoms with Crippen LogP contribution in [0.3, 0.4) is 0 Å². The molecule has 0 saturated carbocycles. The number of carbonyl (C=O) groups is 4. The van der Waals surface area contributed by atoms with Gasteiger partial charge in [-0.3, -0.25) is 9.59 Å². The molecule has 0 fully saturated rings. The van der Waals surface area contributed by atoms with Crippen LogP contribution >= 0.6 is 0 Å². The summed E-state index contributed by atoms with van der Waals surface area (Å²) in [5.41, 5.74) is 0.713. The van der Waals surface area contributed by atoms with Gasteiger partial charge in [0.1, 0.15) is 11.5 Å². The maximum absolute atomic E-state index is 10.8. The highest BCUT2D eigenvalue weighted by Gasteiger charge is 2.09. The normalized spacial score (nSPS) is 9.74. The molecule has 2 rings (SSSR count). The predicted octanol–water partition coefficient (Wildman–Crippen LogP) is 4.36. The molecule has 0 saturated heterocycles. The average molecular weight is 430 g/mol. The number of rotatable bonds is 11. The van der Waals surface area contributed by atoms with Crippen LogP contribution in [-0.2, 0) is 0 Å². The van der Waals surface area contributed by atoms with Crippen LogP contribution in [0.5, 0.6) is 11.5 Å². The van der Waals surface area contributed by atoms with Crippen LogP contribution < -0.4 is 9.47 Å². The van der Waals surface area contributed by atoms with Gasteiger partial charge in [-0.15, -0.1) is 0 Å². The average Bonchev–Trinajstić information content (AvgIpc) is 2.78. The molecule has 0 unspecified atom stereocenters. The number of benzene rings is 2. The number of carbonyl (C=O) groups excluding carboxylic acids is 2. The summed E-state index contributed by atoms with van der Waals surface area (Å²) in [6, 6.07) is 8.49. The third-order valence-electron chi connectivity index (χ3n) is 3.98. The van der Waals surface area contributed by atoms with E-state index in [1.165, 1.54) is 36.4 Å². The van der Waals surface area contributed by atoms with Gasteiger partial charge < -0.3 is 19.7 Å². The Bertz CT molecular complexity index is 904. The van der Waals surface area contributed by atoms with E-state index in [9.17, 15) is 19.2 Å². The number of carboxylic acids is 2. The zero-order chi connectivity index (χ0) is 23.2. The van der Waals surface area contributed by atoms with Crippen molar-refractivity contribution in [3.05, 3.63) is 58.7 Å². The van der Waals surface area contributed by atoms with Crippen molar-refractivity contribution < 1.29 is 38.9 Å². The van der Waals surface area contributed by atoms with Crippen LogP contribution in [0.1, 0.15) is 74.5 Å². The lowest BCUT2D eigenvalue weighted by Crippen LogP contribution is -2.02. The van der Waals surface area contributed by atoms with E-state index in [-0.39, 0.29) is 22.3 Å². The minimum absolute atomic E-state index is 0.0842. The monoisotopic (exact) mass is 430 g/mol. The molecule has 31 heavy (non-hydrogen) atoms. The minimum Gasteiger partial charge on any atom is -0.493 e. The van der Waals surface area contributed by atoms with Crippen LogP contribution in [0.15, 0.2) is 36.4 Å². The first-order valence-corrected chi connectivity index (χ1v) is 9.78. The Morgan fingerprint density at radius 2 is 1.23 bits per heavy atom. The number of carboxylic acid groups (broad SMARTS) is 2. The van der Waals surface area contributed by atoms with Gasteiger partial charge >= 0.3 is 11.9 Å². The van der Waals surface area contributed by atoms with Gasteiger partial charge in [0.25, 0.3) is 0 Å². The second kappa shape index (κ2) is 13.5. The summed E-state index contributed by atoms with van der Waals surface area (Å²) in [7, 11) is 0. The molecular weight excluding hydrogens is 404 g/mol. The van der Waals surface area contributed by atoms with E-state index in [1.807, 2.05) is 13.8 Å². The topological polar surface area (TPSA) is 127 Å².